The van der Waals surface area contributed by atoms with E-state index in [-0.39, 0.29) is 0 Å². The maximum absolute atomic E-state index is 9.83. The zero-order valence-electron chi connectivity index (χ0n) is 11.7. The zero-order valence-corrected chi connectivity index (χ0v) is 13.3. The molecule has 0 heterocycles. The number of ether oxygens (including phenoxy) is 1. The van der Waals surface area contributed by atoms with Crippen molar-refractivity contribution in [3.05, 3.63) is 28.2 Å². The minimum atomic E-state index is -0.492. The Kier molecular flexibility index (Phi) is 5.28. The molecule has 1 N–H and O–H groups in total. The first-order chi connectivity index (χ1) is 9.10. The second-order valence-electron chi connectivity index (χ2n) is 5.54. The van der Waals surface area contributed by atoms with Crippen LogP contribution in [0.4, 0.5) is 0 Å². The molecule has 0 saturated heterocycles. The average molecular weight is 327 g/mol. The van der Waals surface area contributed by atoms with Crippen molar-refractivity contribution in [1.29, 1.82) is 0 Å². The van der Waals surface area contributed by atoms with Gasteiger partial charge in [0.15, 0.2) is 0 Å². The molecule has 0 aliphatic heterocycles. The van der Waals surface area contributed by atoms with Gasteiger partial charge < -0.3 is 9.84 Å². The van der Waals surface area contributed by atoms with Crippen LogP contribution < -0.4 is 4.74 Å². The molecule has 0 radical (unpaired) electrons. The summed E-state index contributed by atoms with van der Waals surface area (Å²) < 4.78 is 7.17. The lowest BCUT2D eigenvalue weighted by Gasteiger charge is -2.30. The minimum Gasteiger partial charge on any atom is -0.490 e. The van der Waals surface area contributed by atoms with E-state index < -0.39 is 6.10 Å². The summed E-state index contributed by atoms with van der Waals surface area (Å²) in [5, 5.41) is 9.83. The molecule has 2 nitrogen and oxygen atoms in total. The monoisotopic (exact) mass is 326 g/mol. The molecule has 19 heavy (non-hydrogen) atoms. The van der Waals surface area contributed by atoms with Crippen molar-refractivity contribution in [2.75, 3.05) is 0 Å². The van der Waals surface area contributed by atoms with Gasteiger partial charge in [0.1, 0.15) is 5.75 Å². The largest absolute Gasteiger partial charge is 0.490 e. The van der Waals surface area contributed by atoms with Gasteiger partial charge in [-0.1, -0.05) is 41.8 Å². The van der Waals surface area contributed by atoms with Gasteiger partial charge >= 0.3 is 0 Å². The molecular weight excluding hydrogens is 304 g/mol. The highest BCUT2D eigenvalue weighted by Gasteiger charge is 2.23. The molecule has 1 saturated carbocycles. The predicted octanol–water partition coefficient (Wildman–Crippen LogP) is 4.85. The van der Waals surface area contributed by atoms with E-state index in [0.717, 1.165) is 34.5 Å². The van der Waals surface area contributed by atoms with Crippen LogP contribution in [0.2, 0.25) is 0 Å². The maximum atomic E-state index is 9.83. The molecule has 2 rings (SSSR count). The van der Waals surface area contributed by atoms with E-state index in [2.05, 4.69) is 22.9 Å². The van der Waals surface area contributed by atoms with Crippen molar-refractivity contribution in [2.45, 2.75) is 58.2 Å². The van der Waals surface area contributed by atoms with Crippen LogP contribution in [-0.2, 0) is 0 Å². The highest BCUT2D eigenvalue weighted by molar-refractivity contribution is 9.10. The highest BCUT2D eigenvalue weighted by atomic mass is 79.9. The number of hydrogen-bond acceptors (Lipinski definition) is 2. The van der Waals surface area contributed by atoms with Crippen LogP contribution in [0.5, 0.6) is 5.75 Å². The predicted molar refractivity (Wildman–Crippen MR) is 81.4 cm³/mol. The number of rotatable bonds is 4. The van der Waals surface area contributed by atoms with E-state index in [9.17, 15) is 5.11 Å². The maximum Gasteiger partial charge on any atom is 0.126 e. The Bertz CT molecular complexity index is 417. The molecule has 0 bridgehead atoms. The fourth-order valence-electron chi connectivity index (χ4n) is 2.85. The van der Waals surface area contributed by atoms with Gasteiger partial charge in [0.2, 0.25) is 0 Å². The van der Waals surface area contributed by atoms with Crippen molar-refractivity contribution in [3.63, 3.8) is 0 Å². The fraction of sp³-hybridized carbons (Fsp3) is 0.625. The molecule has 0 amide bonds. The lowest BCUT2D eigenvalue weighted by molar-refractivity contribution is 0.115. The third-order valence-corrected chi connectivity index (χ3v) is 4.52. The molecule has 0 spiro atoms. The minimum absolute atomic E-state index is 0.297. The van der Waals surface area contributed by atoms with Crippen LogP contribution >= 0.6 is 15.9 Å². The molecule has 3 heteroatoms. The van der Waals surface area contributed by atoms with Crippen molar-refractivity contribution < 1.29 is 9.84 Å². The number of aliphatic hydroxyl groups is 1. The summed E-state index contributed by atoms with van der Waals surface area (Å²) in [5.41, 5.74) is 0.877. The molecule has 3 atom stereocenters. The van der Waals surface area contributed by atoms with Gasteiger partial charge in [0.05, 0.1) is 12.2 Å². The number of benzene rings is 1. The molecule has 1 aliphatic rings. The molecule has 106 valence electrons. The van der Waals surface area contributed by atoms with E-state index >= 15 is 0 Å². The highest BCUT2D eigenvalue weighted by Crippen LogP contribution is 2.34. The van der Waals surface area contributed by atoms with E-state index in [4.69, 9.17) is 4.74 Å². The van der Waals surface area contributed by atoms with E-state index in [1.807, 2.05) is 18.2 Å². The third kappa shape index (κ3) is 3.96. The molecule has 1 aromatic rings. The average Bonchev–Trinajstić information content (AvgIpc) is 2.38. The summed E-state index contributed by atoms with van der Waals surface area (Å²) in [6, 6.07) is 5.85. The number of aliphatic hydroxyl groups excluding tert-OH is 1. The van der Waals surface area contributed by atoms with Crippen molar-refractivity contribution in [2.24, 2.45) is 5.92 Å². The number of halogens is 1. The van der Waals surface area contributed by atoms with E-state index in [1.54, 1.807) is 6.92 Å². The second kappa shape index (κ2) is 6.76. The smallest absolute Gasteiger partial charge is 0.126 e. The van der Waals surface area contributed by atoms with Crippen LogP contribution in [0.3, 0.4) is 0 Å². The van der Waals surface area contributed by atoms with Gasteiger partial charge in [-0.3, -0.25) is 0 Å². The first-order valence-corrected chi connectivity index (χ1v) is 8.03. The Morgan fingerprint density at radius 1 is 1.42 bits per heavy atom. The first-order valence-electron chi connectivity index (χ1n) is 7.24. The topological polar surface area (TPSA) is 29.5 Å². The zero-order chi connectivity index (χ0) is 13.8. The first kappa shape index (κ1) is 14.9. The van der Waals surface area contributed by atoms with E-state index in [1.165, 1.54) is 19.3 Å². The van der Waals surface area contributed by atoms with Gasteiger partial charge in [-0.25, -0.2) is 0 Å². The Morgan fingerprint density at radius 3 is 2.89 bits per heavy atom. The summed E-state index contributed by atoms with van der Waals surface area (Å²) in [4.78, 5) is 0. The van der Waals surface area contributed by atoms with Gasteiger partial charge in [0.25, 0.3) is 0 Å². The van der Waals surface area contributed by atoms with Crippen LogP contribution in [0.15, 0.2) is 22.7 Å². The SMILES string of the molecule is CCC1CCCC(Oc2cc(Br)ccc2C(C)O)C1. The van der Waals surface area contributed by atoms with Crippen molar-refractivity contribution >= 4 is 15.9 Å². The molecule has 3 unspecified atom stereocenters. The summed E-state index contributed by atoms with van der Waals surface area (Å²) >= 11 is 3.47. The standard InChI is InChI=1S/C16H23BrO2/c1-3-12-5-4-6-14(9-12)19-16-10-13(17)7-8-15(16)11(2)18/h7-8,10-12,14,18H,3-6,9H2,1-2H3. The normalized spacial score (nSPS) is 25.1. The van der Waals surface area contributed by atoms with Gasteiger partial charge in [0, 0.05) is 10.0 Å². The Labute approximate surface area is 124 Å². The summed E-state index contributed by atoms with van der Waals surface area (Å²) in [5.74, 6) is 1.62. The van der Waals surface area contributed by atoms with Crippen LogP contribution in [-0.4, -0.2) is 11.2 Å². The van der Waals surface area contributed by atoms with Crippen LogP contribution in [0.1, 0.15) is 57.6 Å². The lowest BCUT2D eigenvalue weighted by atomic mass is 9.85. The quantitative estimate of drug-likeness (QED) is 0.856. The number of hydrogen-bond donors (Lipinski definition) is 1. The van der Waals surface area contributed by atoms with Crippen LogP contribution in [0, 0.1) is 5.92 Å². The van der Waals surface area contributed by atoms with Gasteiger partial charge in [-0.05, 0) is 44.2 Å². The molecule has 0 aromatic heterocycles. The second-order valence-corrected chi connectivity index (χ2v) is 6.45. The van der Waals surface area contributed by atoms with Crippen molar-refractivity contribution in [1.82, 2.24) is 0 Å². The molecule has 1 aliphatic carbocycles. The van der Waals surface area contributed by atoms with Crippen LogP contribution in [0.25, 0.3) is 0 Å². The van der Waals surface area contributed by atoms with Crippen molar-refractivity contribution in [3.8, 4) is 5.75 Å². The Balaban J connectivity index is 2.11. The molecule has 1 aromatic carbocycles. The lowest BCUT2D eigenvalue weighted by Crippen LogP contribution is -2.25. The molecular formula is C16H23BrO2. The van der Waals surface area contributed by atoms with Gasteiger partial charge in [-0.2, -0.15) is 0 Å². The Hall–Kier alpha value is -0.540. The summed E-state index contributed by atoms with van der Waals surface area (Å²) in [7, 11) is 0. The molecule has 1 fully saturated rings. The fourth-order valence-corrected chi connectivity index (χ4v) is 3.19. The summed E-state index contributed by atoms with van der Waals surface area (Å²) in [6.07, 6.45) is 5.89. The summed E-state index contributed by atoms with van der Waals surface area (Å²) in [6.45, 7) is 4.04. The Morgan fingerprint density at radius 2 is 2.21 bits per heavy atom. The van der Waals surface area contributed by atoms with E-state index in [0.29, 0.717) is 6.10 Å². The third-order valence-electron chi connectivity index (χ3n) is 4.03. The van der Waals surface area contributed by atoms with Gasteiger partial charge in [-0.15, -0.1) is 0 Å².